The summed E-state index contributed by atoms with van der Waals surface area (Å²) in [6.45, 7) is 9.69. The van der Waals surface area contributed by atoms with Gasteiger partial charge in [0.05, 0.1) is 6.61 Å². The number of carbonyl (C=O) groups is 1. The van der Waals surface area contributed by atoms with Crippen molar-refractivity contribution < 1.29 is 23.9 Å². The quantitative estimate of drug-likeness (QED) is 0.378. The van der Waals surface area contributed by atoms with Gasteiger partial charge in [-0.15, -0.1) is 0 Å². The molecule has 0 bridgehead atoms. The second-order valence-electron chi connectivity index (χ2n) is 12.0. The van der Waals surface area contributed by atoms with Gasteiger partial charge < -0.3 is 28.9 Å². The number of aromatic nitrogens is 3. The van der Waals surface area contributed by atoms with Crippen LogP contribution in [-0.2, 0) is 15.1 Å². The molecule has 1 aromatic carbocycles. The first kappa shape index (κ1) is 29.2. The highest BCUT2D eigenvalue weighted by atomic mass is 16.6. The lowest BCUT2D eigenvalue weighted by atomic mass is 9.62. The molecule has 10 heteroatoms. The Bertz CT molecular complexity index is 1330. The zero-order valence-corrected chi connectivity index (χ0v) is 24.7. The first-order valence-corrected chi connectivity index (χ1v) is 14.4. The van der Waals surface area contributed by atoms with Crippen molar-refractivity contribution in [1.82, 2.24) is 24.9 Å². The van der Waals surface area contributed by atoms with Gasteiger partial charge in [-0.2, -0.15) is 4.98 Å². The van der Waals surface area contributed by atoms with E-state index in [-0.39, 0.29) is 18.6 Å². The molecule has 41 heavy (non-hydrogen) atoms. The molecule has 3 aromatic rings. The second kappa shape index (κ2) is 11.9. The summed E-state index contributed by atoms with van der Waals surface area (Å²) in [5.74, 6) is 1.44. The molecule has 1 N–H and O–H groups in total. The Balaban J connectivity index is 1.36. The number of aliphatic hydroxyl groups is 1. The molecular weight excluding hydrogens is 522 g/mol. The van der Waals surface area contributed by atoms with Gasteiger partial charge in [-0.3, -0.25) is 4.98 Å². The van der Waals surface area contributed by atoms with Crippen LogP contribution in [0.4, 0.5) is 4.79 Å². The number of piperidine rings is 1. The maximum absolute atomic E-state index is 12.5. The van der Waals surface area contributed by atoms with E-state index in [9.17, 15) is 9.90 Å². The Labute approximate surface area is 241 Å². The number of benzene rings is 1. The van der Waals surface area contributed by atoms with E-state index in [1.54, 1.807) is 24.4 Å². The van der Waals surface area contributed by atoms with Gasteiger partial charge in [0.1, 0.15) is 12.2 Å². The number of methoxy groups -OCH3 is 1. The molecule has 1 unspecified atom stereocenters. The van der Waals surface area contributed by atoms with Gasteiger partial charge in [0.2, 0.25) is 11.7 Å². The number of pyridine rings is 1. The minimum atomic E-state index is -1.25. The molecule has 1 amide bonds. The number of carbonyl (C=O) groups excluding carboxylic acids is 1. The van der Waals surface area contributed by atoms with E-state index in [1.165, 1.54) is 5.56 Å². The SMILES string of the molecule is COCCOC(=O)N1CCC(c2nc(-c3cncc(C(O)(c4ccc(C(C)C)cc4)C4(C)CN(C)C4)c3)no2)CC1. The molecule has 2 saturated heterocycles. The molecule has 4 heterocycles. The van der Waals surface area contributed by atoms with Gasteiger partial charge in [-0.25, -0.2) is 4.79 Å². The fourth-order valence-corrected chi connectivity index (χ4v) is 6.24. The number of likely N-dealkylation sites (tertiary alicyclic amines) is 2. The molecule has 2 aliphatic rings. The molecule has 10 nitrogen and oxygen atoms in total. The Morgan fingerprint density at radius 3 is 2.49 bits per heavy atom. The third-order valence-corrected chi connectivity index (χ3v) is 8.58. The summed E-state index contributed by atoms with van der Waals surface area (Å²) in [6.07, 6.45) is 4.53. The maximum atomic E-state index is 12.5. The molecule has 0 radical (unpaired) electrons. The fraction of sp³-hybridized carbons (Fsp3) is 0.548. The third-order valence-electron chi connectivity index (χ3n) is 8.58. The van der Waals surface area contributed by atoms with E-state index in [2.05, 4.69) is 55.0 Å². The van der Waals surface area contributed by atoms with Crippen LogP contribution in [0.1, 0.15) is 68.0 Å². The topological polar surface area (TPSA) is 114 Å². The normalized spacial score (nSPS) is 19.1. The summed E-state index contributed by atoms with van der Waals surface area (Å²) >= 11 is 0. The van der Waals surface area contributed by atoms with Crippen molar-refractivity contribution in [2.45, 2.75) is 51.0 Å². The summed E-state index contributed by atoms with van der Waals surface area (Å²) < 4.78 is 15.9. The van der Waals surface area contributed by atoms with Crippen LogP contribution in [0.5, 0.6) is 0 Å². The highest BCUT2D eigenvalue weighted by Gasteiger charge is 2.55. The van der Waals surface area contributed by atoms with E-state index in [0.29, 0.717) is 61.3 Å². The molecular formula is C31H41N5O5. The minimum absolute atomic E-state index is 0.0521. The summed E-state index contributed by atoms with van der Waals surface area (Å²) in [6, 6.07) is 10.2. The lowest BCUT2D eigenvalue weighted by Gasteiger charge is -2.55. The average Bonchev–Trinajstić information content (AvgIpc) is 3.47. The van der Waals surface area contributed by atoms with Crippen LogP contribution < -0.4 is 0 Å². The minimum Gasteiger partial charge on any atom is -0.447 e. The largest absolute Gasteiger partial charge is 0.447 e. The number of rotatable bonds is 9. The van der Waals surface area contributed by atoms with Gasteiger partial charge in [0, 0.05) is 68.1 Å². The van der Waals surface area contributed by atoms with Gasteiger partial charge in [0.15, 0.2) is 0 Å². The number of hydrogen-bond donors (Lipinski definition) is 1. The van der Waals surface area contributed by atoms with Crippen LogP contribution in [0.25, 0.3) is 11.4 Å². The number of nitrogens with zero attached hydrogens (tertiary/aromatic N) is 5. The molecule has 2 fully saturated rings. The number of amides is 1. The zero-order valence-electron chi connectivity index (χ0n) is 24.7. The van der Waals surface area contributed by atoms with Crippen molar-refractivity contribution in [2.75, 3.05) is 53.6 Å². The molecule has 0 spiro atoms. The first-order valence-electron chi connectivity index (χ1n) is 14.4. The van der Waals surface area contributed by atoms with Gasteiger partial charge in [-0.05, 0) is 43.0 Å². The monoisotopic (exact) mass is 563 g/mol. The predicted octanol–water partition coefficient (Wildman–Crippen LogP) is 4.41. The van der Waals surface area contributed by atoms with Gasteiger partial charge in [0.25, 0.3) is 0 Å². The molecule has 5 rings (SSSR count). The number of ether oxygens (including phenoxy) is 2. The maximum Gasteiger partial charge on any atom is 0.409 e. The Kier molecular flexibility index (Phi) is 8.45. The molecule has 0 saturated carbocycles. The highest BCUT2D eigenvalue weighted by molar-refractivity contribution is 5.67. The smallest absolute Gasteiger partial charge is 0.409 e. The fourth-order valence-electron chi connectivity index (χ4n) is 6.24. The summed E-state index contributed by atoms with van der Waals surface area (Å²) in [5.41, 5.74) is 1.81. The molecule has 1 atom stereocenters. The number of hydrogen-bond acceptors (Lipinski definition) is 9. The standard InChI is InChI=1S/C31H41N5O5/c1-21(2)22-6-8-25(9-7-22)31(38,30(3)19-35(4)20-30)26-16-24(17-32-18-26)27-33-28(41-34-27)23-10-12-36(13-11-23)29(37)40-15-14-39-5/h6-9,16-18,21,23,38H,10-15,19-20H2,1-5H3. The molecule has 2 aromatic heterocycles. The summed E-state index contributed by atoms with van der Waals surface area (Å²) in [4.78, 5) is 25.4. The molecule has 0 aliphatic carbocycles. The zero-order chi connectivity index (χ0) is 29.2. The summed E-state index contributed by atoms with van der Waals surface area (Å²) in [7, 11) is 3.64. The third kappa shape index (κ3) is 5.73. The Morgan fingerprint density at radius 1 is 1.15 bits per heavy atom. The van der Waals surface area contributed by atoms with Crippen LogP contribution in [0.3, 0.4) is 0 Å². The van der Waals surface area contributed by atoms with E-state index >= 15 is 0 Å². The highest BCUT2D eigenvalue weighted by Crippen LogP contribution is 2.50. The first-order chi connectivity index (χ1) is 19.6. The Morgan fingerprint density at radius 2 is 1.85 bits per heavy atom. The van der Waals surface area contributed by atoms with Crippen LogP contribution in [0.2, 0.25) is 0 Å². The summed E-state index contributed by atoms with van der Waals surface area (Å²) in [5, 5.41) is 16.8. The van der Waals surface area contributed by atoms with E-state index in [0.717, 1.165) is 18.7 Å². The van der Waals surface area contributed by atoms with Crippen LogP contribution in [0, 0.1) is 5.41 Å². The van der Waals surface area contributed by atoms with Crippen molar-refractivity contribution in [3.05, 3.63) is 65.3 Å². The average molecular weight is 564 g/mol. The van der Waals surface area contributed by atoms with Crippen molar-refractivity contribution in [3.63, 3.8) is 0 Å². The van der Waals surface area contributed by atoms with Crippen molar-refractivity contribution in [3.8, 4) is 11.4 Å². The van der Waals surface area contributed by atoms with Gasteiger partial charge in [-0.1, -0.05) is 50.2 Å². The van der Waals surface area contributed by atoms with E-state index in [1.807, 2.05) is 18.2 Å². The van der Waals surface area contributed by atoms with Crippen molar-refractivity contribution in [1.29, 1.82) is 0 Å². The van der Waals surface area contributed by atoms with E-state index in [4.69, 9.17) is 19.0 Å². The van der Waals surface area contributed by atoms with Gasteiger partial charge >= 0.3 is 6.09 Å². The van der Waals surface area contributed by atoms with Crippen LogP contribution >= 0.6 is 0 Å². The lowest BCUT2D eigenvalue weighted by molar-refractivity contribution is -0.127. The second-order valence-corrected chi connectivity index (χ2v) is 12.0. The van der Waals surface area contributed by atoms with Crippen molar-refractivity contribution >= 4 is 6.09 Å². The Hall–Kier alpha value is -3.34. The van der Waals surface area contributed by atoms with Crippen LogP contribution in [-0.4, -0.2) is 89.7 Å². The van der Waals surface area contributed by atoms with Crippen LogP contribution in [0.15, 0.2) is 47.2 Å². The van der Waals surface area contributed by atoms with Crippen molar-refractivity contribution in [2.24, 2.45) is 5.41 Å². The molecule has 2 aliphatic heterocycles. The molecule has 220 valence electrons. The van der Waals surface area contributed by atoms with E-state index < -0.39 is 11.0 Å². The predicted molar refractivity (Wildman–Crippen MR) is 153 cm³/mol. The lowest BCUT2D eigenvalue weighted by Crippen LogP contribution is -2.63.